The van der Waals surface area contributed by atoms with Crippen LogP contribution in [0.15, 0.2) is 12.0 Å². The molecule has 0 saturated heterocycles. The lowest BCUT2D eigenvalue weighted by Crippen LogP contribution is -2.18. The summed E-state index contributed by atoms with van der Waals surface area (Å²) in [6.07, 6.45) is 1.33. The third kappa shape index (κ3) is 1.13. The second-order valence-electron chi connectivity index (χ2n) is 1.80. The second kappa shape index (κ2) is 1.97. The van der Waals surface area contributed by atoms with Crippen LogP contribution >= 0.6 is 0 Å². The number of hydrogen-bond acceptors (Lipinski definition) is 3. The van der Waals surface area contributed by atoms with E-state index < -0.39 is 5.91 Å². The summed E-state index contributed by atoms with van der Waals surface area (Å²) in [5, 5.41) is 2.77. The highest BCUT2D eigenvalue weighted by molar-refractivity contribution is 5.90. The van der Waals surface area contributed by atoms with Gasteiger partial charge in [-0.3, -0.25) is 4.79 Å². The molecule has 9 heavy (non-hydrogen) atoms. The van der Waals surface area contributed by atoms with Gasteiger partial charge in [-0.15, -0.1) is 0 Å². The number of primary amides is 1. The summed E-state index contributed by atoms with van der Waals surface area (Å²) in [5.41, 5.74) is 4.89. The molecule has 3 N–H and O–H groups in total. The van der Waals surface area contributed by atoms with Crippen LogP contribution in [0.2, 0.25) is 0 Å². The number of hydrogen-bond donors (Lipinski definition) is 2. The van der Waals surface area contributed by atoms with Crippen molar-refractivity contribution >= 4 is 5.91 Å². The fourth-order valence-corrected chi connectivity index (χ4v) is 0.581. The van der Waals surface area contributed by atoms with E-state index in [4.69, 9.17) is 10.5 Å². The zero-order chi connectivity index (χ0) is 6.85. The number of rotatable bonds is 1. The van der Waals surface area contributed by atoms with Gasteiger partial charge in [0.25, 0.3) is 5.91 Å². The maximum absolute atomic E-state index is 10.3. The number of carbonyl (C=O) groups excluding carboxylic acids is 1. The second-order valence-corrected chi connectivity index (χ2v) is 1.80. The van der Waals surface area contributed by atoms with Gasteiger partial charge in [0.2, 0.25) is 5.76 Å². The molecule has 0 fully saturated rings. The molecule has 4 heteroatoms. The van der Waals surface area contributed by atoms with E-state index in [0.29, 0.717) is 0 Å². The zero-order valence-electron chi connectivity index (χ0n) is 5.05. The molecule has 1 aliphatic heterocycles. The van der Waals surface area contributed by atoms with Gasteiger partial charge < -0.3 is 15.8 Å². The Labute approximate surface area is 52.7 Å². The molecule has 50 valence electrons. The van der Waals surface area contributed by atoms with E-state index in [0.717, 1.165) is 0 Å². The maximum Gasteiger partial charge on any atom is 0.285 e. The Hall–Kier alpha value is -1.19. The molecular weight excluding hydrogens is 120 g/mol. The molecule has 0 saturated carbocycles. The third-order valence-corrected chi connectivity index (χ3v) is 0.996. The maximum atomic E-state index is 10.3. The number of amides is 1. The topological polar surface area (TPSA) is 64.3 Å². The summed E-state index contributed by atoms with van der Waals surface area (Å²) >= 11 is 0. The van der Waals surface area contributed by atoms with Crippen molar-refractivity contribution in [1.29, 1.82) is 0 Å². The van der Waals surface area contributed by atoms with Gasteiger partial charge in [-0.1, -0.05) is 0 Å². The Morgan fingerprint density at radius 2 is 2.67 bits per heavy atom. The Morgan fingerprint density at radius 1 is 2.00 bits per heavy atom. The average molecular weight is 128 g/mol. The molecule has 4 nitrogen and oxygen atoms in total. The van der Waals surface area contributed by atoms with E-state index >= 15 is 0 Å². The van der Waals surface area contributed by atoms with Gasteiger partial charge in [0.1, 0.15) is 0 Å². The normalized spacial score (nSPS) is 24.1. The van der Waals surface area contributed by atoms with Gasteiger partial charge in [0.15, 0.2) is 6.23 Å². The summed E-state index contributed by atoms with van der Waals surface area (Å²) in [7, 11) is 0. The fourth-order valence-electron chi connectivity index (χ4n) is 0.581. The molecule has 1 amide bonds. The molecule has 1 aliphatic rings. The molecule has 0 bridgehead atoms. The molecule has 0 spiro atoms. The Kier molecular flexibility index (Phi) is 1.30. The first-order chi connectivity index (χ1) is 4.20. The van der Waals surface area contributed by atoms with Crippen molar-refractivity contribution in [1.82, 2.24) is 5.32 Å². The predicted octanol–water partition coefficient (Wildman–Crippen LogP) is -0.721. The van der Waals surface area contributed by atoms with E-state index in [2.05, 4.69) is 5.32 Å². The average Bonchev–Trinajstić information content (AvgIpc) is 2.14. The SMILES string of the molecule is CC1NC=C(C(N)=O)O1. The Balaban J connectivity index is 2.55. The number of carbonyl (C=O) groups is 1. The van der Waals surface area contributed by atoms with Crippen LogP contribution in [0.5, 0.6) is 0 Å². The van der Waals surface area contributed by atoms with Crippen LogP contribution in [0, 0.1) is 0 Å². The van der Waals surface area contributed by atoms with Crippen molar-refractivity contribution in [2.75, 3.05) is 0 Å². The van der Waals surface area contributed by atoms with Crippen LogP contribution in [-0.4, -0.2) is 12.1 Å². The lowest BCUT2D eigenvalue weighted by atomic mass is 10.5. The summed E-state index contributed by atoms with van der Waals surface area (Å²) < 4.78 is 4.90. The van der Waals surface area contributed by atoms with E-state index in [1.165, 1.54) is 6.20 Å². The highest BCUT2D eigenvalue weighted by Gasteiger charge is 2.15. The lowest BCUT2D eigenvalue weighted by Gasteiger charge is -2.03. The smallest absolute Gasteiger partial charge is 0.285 e. The van der Waals surface area contributed by atoms with Crippen molar-refractivity contribution in [3.63, 3.8) is 0 Å². The molecule has 0 aliphatic carbocycles. The summed E-state index contributed by atoms with van der Waals surface area (Å²) in [6, 6.07) is 0. The van der Waals surface area contributed by atoms with Gasteiger partial charge in [-0.2, -0.15) is 0 Å². The molecular formula is C5H8N2O2. The Bertz CT molecular complexity index is 164. The first-order valence-corrected chi connectivity index (χ1v) is 2.63. The minimum atomic E-state index is -0.535. The van der Waals surface area contributed by atoms with E-state index in [9.17, 15) is 4.79 Å². The predicted molar refractivity (Wildman–Crippen MR) is 31.0 cm³/mol. The van der Waals surface area contributed by atoms with Crippen LogP contribution < -0.4 is 11.1 Å². The van der Waals surface area contributed by atoms with Crippen LogP contribution in [0.4, 0.5) is 0 Å². The van der Waals surface area contributed by atoms with Gasteiger partial charge in [0, 0.05) is 6.20 Å². The number of nitrogens with one attached hydrogen (secondary N) is 1. The molecule has 1 heterocycles. The van der Waals surface area contributed by atoms with Crippen LogP contribution in [0.1, 0.15) is 6.92 Å². The monoisotopic (exact) mass is 128 g/mol. The largest absolute Gasteiger partial charge is 0.464 e. The Morgan fingerprint density at radius 3 is 2.89 bits per heavy atom. The van der Waals surface area contributed by atoms with Crippen molar-refractivity contribution < 1.29 is 9.53 Å². The van der Waals surface area contributed by atoms with Crippen molar-refractivity contribution in [3.05, 3.63) is 12.0 Å². The lowest BCUT2D eigenvalue weighted by molar-refractivity contribution is -0.118. The summed E-state index contributed by atoms with van der Waals surface area (Å²) in [4.78, 5) is 10.3. The highest BCUT2D eigenvalue weighted by atomic mass is 16.5. The van der Waals surface area contributed by atoms with Crippen molar-refractivity contribution in [2.24, 2.45) is 5.73 Å². The molecule has 0 aromatic carbocycles. The minimum Gasteiger partial charge on any atom is -0.464 e. The molecule has 1 unspecified atom stereocenters. The van der Waals surface area contributed by atoms with Gasteiger partial charge >= 0.3 is 0 Å². The van der Waals surface area contributed by atoms with Crippen molar-refractivity contribution in [3.8, 4) is 0 Å². The first kappa shape index (κ1) is 5.94. The molecule has 0 aromatic rings. The molecule has 1 atom stereocenters. The fraction of sp³-hybridized carbons (Fsp3) is 0.400. The van der Waals surface area contributed by atoms with E-state index in [1.54, 1.807) is 6.92 Å². The summed E-state index contributed by atoms with van der Waals surface area (Å²) in [5.74, 6) is -0.339. The molecule has 1 rings (SSSR count). The van der Waals surface area contributed by atoms with Gasteiger partial charge in [0.05, 0.1) is 0 Å². The summed E-state index contributed by atoms with van der Waals surface area (Å²) in [6.45, 7) is 1.78. The van der Waals surface area contributed by atoms with Gasteiger partial charge in [-0.05, 0) is 6.92 Å². The third-order valence-electron chi connectivity index (χ3n) is 0.996. The molecule has 0 radical (unpaired) electrons. The number of ether oxygens (including phenoxy) is 1. The van der Waals surface area contributed by atoms with Crippen molar-refractivity contribution in [2.45, 2.75) is 13.2 Å². The minimum absolute atomic E-state index is 0.132. The first-order valence-electron chi connectivity index (χ1n) is 2.63. The zero-order valence-corrected chi connectivity index (χ0v) is 5.05. The van der Waals surface area contributed by atoms with Crippen LogP contribution in [0.3, 0.4) is 0 Å². The molecule has 0 aromatic heterocycles. The van der Waals surface area contributed by atoms with Gasteiger partial charge in [-0.25, -0.2) is 0 Å². The van der Waals surface area contributed by atoms with Crippen LogP contribution in [-0.2, 0) is 9.53 Å². The quantitative estimate of drug-likeness (QED) is 0.489. The standard InChI is InChI=1S/C5H8N2O2/c1-3-7-2-4(9-3)5(6)8/h2-3,7H,1H3,(H2,6,8). The van der Waals surface area contributed by atoms with E-state index in [-0.39, 0.29) is 12.0 Å². The van der Waals surface area contributed by atoms with Crippen LogP contribution in [0.25, 0.3) is 0 Å². The number of nitrogens with two attached hydrogens (primary N) is 1. The van der Waals surface area contributed by atoms with E-state index in [1.807, 2.05) is 0 Å². The highest BCUT2D eigenvalue weighted by Crippen LogP contribution is 2.05.